The number of aryl methyl sites for hydroxylation is 1. The van der Waals surface area contributed by atoms with Crippen LogP contribution in [0.3, 0.4) is 0 Å². The summed E-state index contributed by atoms with van der Waals surface area (Å²) >= 11 is 12.2. The van der Waals surface area contributed by atoms with Crippen LogP contribution in [0.15, 0.2) is 23.1 Å². The van der Waals surface area contributed by atoms with Crippen LogP contribution in [0.25, 0.3) is 0 Å². The fraction of sp³-hybridized carbons (Fsp3) is 0.412. The van der Waals surface area contributed by atoms with Crippen molar-refractivity contribution < 1.29 is 13.2 Å². The molecule has 2 aromatic rings. The number of halogens is 2. The Morgan fingerprint density at radius 3 is 2.48 bits per heavy atom. The van der Waals surface area contributed by atoms with Crippen molar-refractivity contribution in [3.05, 3.63) is 39.6 Å². The van der Waals surface area contributed by atoms with Crippen LogP contribution in [0.1, 0.15) is 24.2 Å². The molecular weight excluding hydrogens is 411 g/mol. The molecule has 0 radical (unpaired) electrons. The van der Waals surface area contributed by atoms with E-state index in [0.29, 0.717) is 35.2 Å². The average Bonchev–Trinajstić information content (AvgIpc) is 3.23. The van der Waals surface area contributed by atoms with Gasteiger partial charge in [-0.25, -0.2) is 8.42 Å². The molecule has 0 aliphatic carbocycles. The van der Waals surface area contributed by atoms with Gasteiger partial charge in [0, 0.05) is 18.8 Å². The lowest BCUT2D eigenvalue weighted by Gasteiger charge is -2.17. The summed E-state index contributed by atoms with van der Waals surface area (Å²) in [6.07, 6.45) is 1.66. The van der Waals surface area contributed by atoms with Crippen LogP contribution in [0.2, 0.25) is 10.0 Å². The highest BCUT2D eigenvalue weighted by molar-refractivity contribution is 7.89. The molecule has 0 saturated carbocycles. The molecule has 1 amide bonds. The molecule has 146 valence electrons. The number of amides is 1. The SMILES string of the molecule is Cc1nn(CC(=O)Nc2ccc(Cl)c(S(=O)(=O)N3CCCC3)c2)c(C)c1Cl. The number of hydrogen-bond acceptors (Lipinski definition) is 4. The summed E-state index contributed by atoms with van der Waals surface area (Å²) in [5.74, 6) is -0.343. The largest absolute Gasteiger partial charge is 0.324 e. The van der Waals surface area contributed by atoms with Gasteiger partial charge in [-0.3, -0.25) is 9.48 Å². The van der Waals surface area contributed by atoms with Gasteiger partial charge in [-0.2, -0.15) is 9.40 Å². The zero-order valence-electron chi connectivity index (χ0n) is 15.0. The molecule has 3 rings (SSSR count). The maximum atomic E-state index is 12.8. The number of hydrogen-bond donors (Lipinski definition) is 1. The summed E-state index contributed by atoms with van der Waals surface area (Å²) in [5.41, 5.74) is 1.69. The third kappa shape index (κ3) is 4.13. The Balaban J connectivity index is 1.79. The number of benzene rings is 1. The predicted molar refractivity (Wildman–Crippen MR) is 105 cm³/mol. The number of nitrogens with one attached hydrogen (secondary N) is 1. The van der Waals surface area contributed by atoms with Crippen LogP contribution in [0.4, 0.5) is 5.69 Å². The smallest absolute Gasteiger partial charge is 0.246 e. The minimum Gasteiger partial charge on any atom is -0.324 e. The number of rotatable bonds is 5. The van der Waals surface area contributed by atoms with E-state index in [4.69, 9.17) is 23.2 Å². The van der Waals surface area contributed by atoms with E-state index in [-0.39, 0.29) is 22.4 Å². The quantitative estimate of drug-likeness (QED) is 0.788. The third-order valence-electron chi connectivity index (χ3n) is 4.48. The molecule has 2 heterocycles. The summed E-state index contributed by atoms with van der Waals surface area (Å²) in [6, 6.07) is 4.43. The van der Waals surface area contributed by atoms with Gasteiger partial charge >= 0.3 is 0 Å². The molecule has 1 aromatic carbocycles. The summed E-state index contributed by atoms with van der Waals surface area (Å²) in [6.45, 7) is 4.47. The second-order valence-corrected chi connectivity index (χ2v) is 9.14. The Bertz CT molecular complexity index is 982. The predicted octanol–water partition coefficient (Wildman–Crippen LogP) is 3.23. The topological polar surface area (TPSA) is 84.3 Å². The molecule has 0 atom stereocenters. The molecule has 1 fully saturated rings. The van der Waals surface area contributed by atoms with Crippen LogP contribution in [0, 0.1) is 13.8 Å². The van der Waals surface area contributed by atoms with Crippen molar-refractivity contribution >= 4 is 44.8 Å². The van der Waals surface area contributed by atoms with Crippen LogP contribution in [-0.2, 0) is 21.4 Å². The van der Waals surface area contributed by atoms with Gasteiger partial charge in [0.25, 0.3) is 0 Å². The first kappa shape index (κ1) is 20.1. The normalized spacial score (nSPS) is 15.3. The lowest BCUT2D eigenvalue weighted by Crippen LogP contribution is -2.28. The number of aromatic nitrogens is 2. The Hall–Kier alpha value is -1.61. The van der Waals surface area contributed by atoms with Crippen LogP contribution in [-0.4, -0.2) is 41.5 Å². The van der Waals surface area contributed by atoms with E-state index in [9.17, 15) is 13.2 Å². The van der Waals surface area contributed by atoms with Crippen molar-refractivity contribution in [2.45, 2.75) is 38.1 Å². The molecule has 1 saturated heterocycles. The Morgan fingerprint density at radius 1 is 1.22 bits per heavy atom. The molecule has 0 unspecified atom stereocenters. The van der Waals surface area contributed by atoms with E-state index in [1.165, 1.54) is 21.1 Å². The minimum atomic E-state index is -3.68. The van der Waals surface area contributed by atoms with Crippen LogP contribution >= 0.6 is 23.2 Å². The summed E-state index contributed by atoms with van der Waals surface area (Å²) in [7, 11) is -3.68. The van der Waals surface area contributed by atoms with Crippen molar-refractivity contribution in [3.8, 4) is 0 Å². The molecular formula is C17H20Cl2N4O3S. The van der Waals surface area contributed by atoms with Crippen LogP contribution < -0.4 is 5.32 Å². The fourth-order valence-electron chi connectivity index (χ4n) is 3.01. The fourth-order valence-corrected chi connectivity index (χ4v) is 5.16. The highest BCUT2D eigenvalue weighted by atomic mass is 35.5. The van der Waals surface area contributed by atoms with Gasteiger partial charge in [0.2, 0.25) is 15.9 Å². The molecule has 0 spiro atoms. The lowest BCUT2D eigenvalue weighted by molar-refractivity contribution is -0.116. The highest BCUT2D eigenvalue weighted by Crippen LogP contribution is 2.29. The first-order valence-corrected chi connectivity index (χ1v) is 10.7. The molecule has 1 aromatic heterocycles. The maximum absolute atomic E-state index is 12.8. The molecule has 27 heavy (non-hydrogen) atoms. The average molecular weight is 431 g/mol. The minimum absolute atomic E-state index is 0.00183. The molecule has 7 nitrogen and oxygen atoms in total. The maximum Gasteiger partial charge on any atom is 0.246 e. The van der Waals surface area contributed by atoms with E-state index in [1.807, 2.05) is 0 Å². The van der Waals surface area contributed by atoms with E-state index >= 15 is 0 Å². The number of anilines is 1. The summed E-state index contributed by atoms with van der Waals surface area (Å²) < 4.78 is 28.5. The van der Waals surface area contributed by atoms with Gasteiger partial charge in [-0.15, -0.1) is 0 Å². The summed E-state index contributed by atoms with van der Waals surface area (Å²) in [4.78, 5) is 12.3. The first-order valence-electron chi connectivity index (χ1n) is 8.49. The molecule has 1 aliphatic heterocycles. The molecule has 0 bridgehead atoms. The van der Waals surface area contributed by atoms with E-state index < -0.39 is 10.0 Å². The zero-order chi connectivity index (χ0) is 19.8. The van der Waals surface area contributed by atoms with Gasteiger partial charge < -0.3 is 5.32 Å². The second kappa shape index (κ2) is 7.79. The van der Waals surface area contributed by atoms with Crippen molar-refractivity contribution in [1.29, 1.82) is 0 Å². The number of nitrogens with zero attached hydrogens (tertiary/aromatic N) is 3. The number of sulfonamides is 1. The lowest BCUT2D eigenvalue weighted by atomic mass is 10.3. The summed E-state index contributed by atoms with van der Waals surface area (Å²) in [5, 5.41) is 7.56. The second-order valence-electron chi connectivity index (χ2n) is 6.45. The number of carbonyl (C=O) groups excluding carboxylic acids is 1. The Labute approximate surface area is 168 Å². The first-order chi connectivity index (χ1) is 12.7. The van der Waals surface area contributed by atoms with Gasteiger partial charge in [0.15, 0.2) is 0 Å². The van der Waals surface area contributed by atoms with Crippen molar-refractivity contribution in [3.63, 3.8) is 0 Å². The standard InChI is InChI=1S/C17H20Cl2N4O3S/c1-11-17(19)12(2)23(21-11)10-16(24)20-13-5-6-14(18)15(9-13)27(25,26)22-7-3-4-8-22/h5-6,9H,3-4,7-8,10H2,1-2H3,(H,20,24). The molecule has 10 heteroatoms. The number of carbonyl (C=O) groups is 1. The zero-order valence-corrected chi connectivity index (χ0v) is 17.3. The Morgan fingerprint density at radius 2 is 1.89 bits per heavy atom. The van der Waals surface area contributed by atoms with Crippen molar-refractivity contribution in [1.82, 2.24) is 14.1 Å². The van der Waals surface area contributed by atoms with Gasteiger partial charge in [0.05, 0.1) is 21.4 Å². The van der Waals surface area contributed by atoms with Crippen molar-refractivity contribution in [2.24, 2.45) is 0 Å². The monoisotopic (exact) mass is 430 g/mol. The third-order valence-corrected chi connectivity index (χ3v) is 7.41. The van der Waals surface area contributed by atoms with Crippen LogP contribution in [0.5, 0.6) is 0 Å². The van der Waals surface area contributed by atoms with Crippen molar-refractivity contribution in [2.75, 3.05) is 18.4 Å². The molecule has 1 aliphatic rings. The highest BCUT2D eigenvalue weighted by Gasteiger charge is 2.29. The van der Waals surface area contributed by atoms with E-state index in [0.717, 1.165) is 12.8 Å². The van der Waals surface area contributed by atoms with E-state index in [1.54, 1.807) is 19.9 Å². The Kier molecular flexibility index (Phi) is 5.81. The van der Waals surface area contributed by atoms with Gasteiger partial charge in [-0.05, 0) is 44.9 Å². The van der Waals surface area contributed by atoms with Gasteiger partial charge in [-0.1, -0.05) is 23.2 Å². The molecule has 1 N–H and O–H groups in total. The van der Waals surface area contributed by atoms with E-state index in [2.05, 4.69) is 10.4 Å². The van der Waals surface area contributed by atoms with Gasteiger partial charge in [0.1, 0.15) is 11.4 Å².